The van der Waals surface area contributed by atoms with E-state index in [4.69, 9.17) is 9.47 Å². The Morgan fingerprint density at radius 2 is 2.09 bits per heavy atom. The summed E-state index contributed by atoms with van der Waals surface area (Å²) < 4.78 is 11.1. The lowest BCUT2D eigenvalue weighted by molar-refractivity contribution is -0.131. The number of amides is 1. The van der Waals surface area contributed by atoms with E-state index in [9.17, 15) is 4.79 Å². The minimum atomic E-state index is -0.585. The first-order valence-corrected chi connectivity index (χ1v) is 7.19. The average molecular weight is 299 g/mol. The molecule has 0 fully saturated rings. The number of aryl methyl sites for hydroxylation is 1. The first-order valence-electron chi connectivity index (χ1n) is 7.19. The normalized spacial score (nSPS) is 20.0. The van der Waals surface area contributed by atoms with E-state index in [0.717, 1.165) is 16.9 Å². The minimum Gasteiger partial charge on any atom is -0.464 e. The van der Waals surface area contributed by atoms with E-state index < -0.39 is 6.10 Å². The predicted molar refractivity (Wildman–Crippen MR) is 86.5 cm³/mol. The fourth-order valence-corrected chi connectivity index (χ4v) is 2.35. The lowest BCUT2D eigenvalue weighted by Crippen LogP contribution is -2.39. The summed E-state index contributed by atoms with van der Waals surface area (Å²) in [5.41, 5.74) is 1.95. The van der Waals surface area contributed by atoms with E-state index >= 15 is 0 Å². The standard InChI is InChI=1S/C18H21NO3/c1-13-8-4-7-11-16(13)22-12-14-9-5-6-10-15(14)17(21-3)18(20)19-2/h4-12,15,17H,1-3H3,(H,19,20). The Morgan fingerprint density at radius 3 is 2.77 bits per heavy atom. The Kier molecular flexibility index (Phi) is 5.55. The average Bonchev–Trinajstić information content (AvgIpc) is 2.55. The highest BCUT2D eigenvalue weighted by atomic mass is 16.5. The molecule has 1 aromatic rings. The predicted octanol–water partition coefficient (Wildman–Crippen LogP) is 2.76. The lowest BCUT2D eigenvalue weighted by atomic mass is 9.89. The molecule has 4 nitrogen and oxygen atoms in total. The van der Waals surface area contributed by atoms with Crippen molar-refractivity contribution in [3.63, 3.8) is 0 Å². The van der Waals surface area contributed by atoms with E-state index in [1.807, 2.05) is 55.5 Å². The van der Waals surface area contributed by atoms with Gasteiger partial charge in [-0.25, -0.2) is 0 Å². The molecule has 0 saturated heterocycles. The number of likely N-dealkylation sites (N-methyl/N-ethyl adjacent to an activating group) is 1. The number of benzene rings is 1. The largest absolute Gasteiger partial charge is 0.464 e. The highest BCUT2D eigenvalue weighted by Crippen LogP contribution is 2.26. The lowest BCUT2D eigenvalue weighted by Gasteiger charge is -2.24. The molecule has 22 heavy (non-hydrogen) atoms. The topological polar surface area (TPSA) is 47.6 Å². The molecule has 1 aliphatic rings. The number of carbonyl (C=O) groups excluding carboxylic acids is 1. The molecule has 0 heterocycles. The van der Waals surface area contributed by atoms with Crippen molar-refractivity contribution in [3.05, 3.63) is 66.0 Å². The van der Waals surface area contributed by atoms with Gasteiger partial charge in [0.25, 0.3) is 0 Å². The third-order valence-corrected chi connectivity index (χ3v) is 3.60. The Bertz CT molecular complexity index is 617. The molecule has 0 aromatic heterocycles. The number of ether oxygens (including phenoxy) is 2. The van der Waals surface area contributed by atoms with Crippen LogP contribution in [0.15, 0.2) is 60.4 Å². The van der Waals surface area contributed by atoms with Crippen LogP contribution in [0, 0.1) is 12.8 Å². The molecule has 0 saturated carbocycles. The smallest absolute Gasteiger partial charge is 0.249 e. The van der Waals surface area contributed by atoms with Gasteiger partial charge in [-0.3, -0.25) is 4.79 Å². The van der Waals surface area contributed by atoms with Gasteiger partial charge in [-0.15, -0.1) is 0 Å². The summed E-state index contributed by atoms with van der Waals surface area (Å²) in [7, 11) is 3.13. The molecular formula is C18H21NO3. The molecule has 0 bridgehead atoms. The number of para-hydroxylation sites is 1. The van der Waals surface area contributed by atoms with Gasteiger partial charge >= 0.3 is 0 Å². The molecule has 2 rings (SSSR count). The molecule has 2 atom stereocenters. The van der Waals surface area contributed by atoms with Crippen LogP contribution in [0.25, 0.3) is 0 Å². The minimum absolute atomic E-state index is 0.158. The number of nitrogens with one attached hydrogen (secondary N) is 1. The SMILES string of the molecule is CNC(=O)C(OC)C1C=CC=CC1=COc1ccccc1C. The van der Waals surface area contributed by atoms with Crippen LogP contribution in [0.3, 0.4) is 0 Å². The zero-order valence-corrected chi connectivity index (χ0v) is 13.1. The van der Waals surface area contributed by atoms with Gasteiger partial charge in [0.15, 0.2) is 0 Å². The number of methoxy groups -OCH3 is 1. The van der Waals surface area contributed by atoms with Crippen molar-refractivity contribution < 1.29 is 14.3 Å². The second-order valence-electron chi connectivity index (χ2n) is 5.04. The van der Waals surface area contributed by atoms with Crippen molar-refractivity contribution in [2.75, 3.05) is 14.2 Å². The molecular weight excluding hydrogens is 278 g/mol. The molecule has 1 aliphatic carbocycles. The van der Waals surface area contributed by atoms with Gasteiger partial charge in [0, 0.05) is 20.1 Å². The van der Waals surface area contributed by atoms with Crippen molar-refractivity contribution in [3.8, 4) is 5.75 Å². The summed E-state index contributed by atoms with van der Waals surface area (Å²) >= 11 is 0. The number of rotatable bonds is 5. The molecule has 2 unspecified atom stereocenters. The number of carbonyl (C=O) groups is 1. The second kappa shape index (κ2) is 7.61. The molecule has 1 N–H and O–H groups in total. The quantitative estimate of drug-likeness (QED) is 0.851. The van der Waals surface area contributed by atoms with Gasteiger partial charge < -0.3 is 14.8 Å². The molecule has 0 spiro atoms. The van der Waals surface area contributed by atoms with Crippen molar-refractivity contribution in [1.29, 1.82) is 0 Å². The van der Waals surface area contributed by atoms with Crippen LogP contribution in [-0.2, 0) is 9.53 Å². The number of hydrogen-bond donors (Lipinski definition) is 1. The van der Waals surface area contributed by atoms with Crippen molar-refractivity contribution in [2.24, 2.45) is 5.92 Å². The fourth-order valence-electron chi connectivity index (χ4n) is 2.35. The Balaban J connectivity index is 2.21. The monoisotopic (exact) mass is 299 g/mol. The van der Waals surface area contributed by atoms with Gasteiger partial charge in [0.2, 0.25) is 5.91 Å². The molecule has 0 radical (unpaired) electrons. The fraction of sp³-hybridized carbons (Fsp3) is 0.278. The van der Waals surface area contributed by atoms with Crippen molar-refractivity contribution >= 4 is 5.91 Å². The number of allylic oxidation sites excluding steroid dienone is 3. The van der Waals surface area contributed by atoms with Crippen LogP contribution in [0.1, 0.15) is 5.56 Å². The van der Waals surface area contributed by atoms with Gasteiger partial charge in [-0.2, -0.15) is 0 Å². The molecule has 1 amide bonds. The van der Waals surface area contributed by atoms with Gasteiger partial charge in [-0.05, 0) is 24.1 Å². The Morgan fingerprint density at radius 1 is 1.32 bits per heavy atom. The van der Waals surface area contributed by atoms with Crippen LogP contribution in [0.2, 0.25) is 0 Å². The third-order valence-electron chi connectivity index (χ3n) is 3.60. The molecule has 1 aromatic carbocycles. The number of hydrogen-bond acceptors (Lipinski definition) is 3. The maximum Gasteiger partial charge on any atom is 0.249 e. The van der Waals surface area contributed by atoms with Crippen LogP contribution < -0.4 is 10.1 Å². The summed E-state index contributed by atoms with van der Waals surface area (Å²) in [4.78, 5) is 12.0. The highest BCUT2D eigenvalue weighted by Gasteiger charge is 2.28. The van der Waals surface area contributed by atoms with E-state index in [-0.39, 0.29) is 11.8 Å². The van der Waals surface area contributed by atoms with E-state index in [0.29, 0.717) is 0 Å². The Hall–Kier alpha value is -2.33. The van der Waals surface area contributed by atoms with Crippen LogP contribution in [0.4, 0.5) is 0 Å². The van der Waals surface area contributed by atoms with Gasteiger partial charge in [-0.1, -0.05) is 42.5 Å². The zero-order chi connectivity index (χ0) is 15.9. The summed E-state index contributed by atoms with van der Waals surface area (Å²) in [5, 5.41) is 2.63. The van der Waals surface area contributed by atoms with Crippen LogP contribution in [0.5, 0.6) is 5.75 Å². The zero-order valence-electron chi connectivity index (χ0n) is 13.1. The van der Waals surface area contributed by atoms with E-state index in [1.54, 1.807) is 13.3 Å². The maximum atomic E-state index is 12.0. The molecule has 116 valence electrons. The van der Waals surface area contributed by atoms with Crippen molar-refractivity contribution in [2.45, 2.75) is 13.0 Å². The van der Waals surface area contributed by atoms with Crippen molar-refractivity contribution in [1.82, 2.24) is 5.32 Å². The summed E-state index contributed by atoms with van der Waals surface area (Å²) in [6, 6.07) is 7.80. The molecule has 0 aliphatic heterocycles. The summed E-state index contributed by atoms with van der Waals surface area (Å²) in [6.45, 7) is 1.99. The van der Waals surface area contributed by atoms with E-state index in [2.05, 4.69) is 5.32 Å². The first-order chi connectivity index (χ1) is 10.7. The van der Waals surface area contributed by atoms with Crippen LogP contribution in [-0.4, -0.2) is 26.2 Å². The molecule has 4 heteroatoms. The second-order valence-corrected chi connectivity index (χ2v) is 5.04. The van der Waals surface area contributed by atoms with Gasteiger partial charge in [0.05, 0.1) is 6.26 Å². The van der Waals surface area contributed by atoms with E-state index in [1.165, 1.54) is 7.11 Å². The Labute approximate surface area is 131 Å². The highest BCUT2D eigenvalue weighted by molar-refractivity contribution is 5.81. The summed E-state index contributed by atoms with van der Waals surface area (Å²) in [6.07, 6.45) is 8.79. The first kappa shape index (κ1) is 16.0. The van der Waals surface area contributed by atoms with Crippen LogP contribution >= 0.6 is 0 Å². The van der Waals surface area contributed by atoms with Gasteiger partial charge in [0.1, 0.15) is 11.9 Å². The third kappa shape index (κ3) is 3.65. The maximum absolute atomic E-state index is 12.0. The summed E-state index contributed by atoms with van der Waals surface area (Å²) in [5.74, 6) is 0.457.